The van der Waals surface area contributed by atoms with Crippen molar-refractivity contribution in [2.75, 3.05) is 24.4 Å². The Hall–Kier alpha value is -3.24. The van der Waals surface area contributed by atoms with E-state index in [9.17, 15) is 29.1 Å². The van der Waals surface area contributed by atoms with Crippen LogP contribution in [0.1, 0.15) is 12.5 Å². The fourth-order valence-corrected chi connectivity index (χ4v) is 7.13. The smallest absolute Gasteiger partial charge is 0.386 e. The second-order valence-electron chi connectivity index (χ2n) is 9.94. The highest BCUT2D eigenvalue weighted by Crippen LogP contribution is 2.53. The standard InChI is InChI=1S/C20H24N10O12P2/c21-14-8-16(25-2-23-14)29(4-27-8)18-10(31)12-7(39-18)1-38-44(35,36)42-13-11(32)19(40-20(13)37-6-43(33,34)41-12)30-5-28-9-15(22)24-3-26-17(9)30/h2-5,7,10-13,18-20,31-32H,1,6H2,(H,33,34)(H,35,36)(H2,21,23,25)(H2,22,24,26)/t7-,10-,11+,12?,13?,18-,19-,20+/m1/s1. The molecule has 0 amide bonds. The molecule has 4 unspecified atom stereocenters. The van der Waals surface area contributed by atoms with E-state index in [1.165, 1.54) is 21.8 Å². The van der Waals surface area contributed by atoms with Crippen molar-refractivity contribution in [3.05, 3.63) is 25.3 Å². The van der Waals surface area contributed by atoms with E-state index in [1.807, 2.05) is 0 Å². The van der Waals surface area contributed by atoms with Crippen LogP contribution < -0.4 is 11.5 Å². The van der Waals surface area contributed by atoms with Gasteiger partial charge in [0.1, 0.15) is 48.1 Å². The first-order valence-corrected chi connectivity index (χ1v) is 16.0. The summed E-state index contributed by atoms with van der Waals surface area (Å²) in [7, 11) is -9.75. The Morgan fingerprint density at radius 1 is 0.795 bits per heavy atom. The molecule has 0 aliphatic carbocycles. The van der Waals surface area contributed by atoms with E-state index in [-0.39, 0.29) is 34.0 Å². The molecule has 3 aliphatic rings. The quantitative estimate of drug-likeness (QED) is 0.132. The Kier molecular flexibility index (Phi) is 7.16. The lowest BCUT2D eigenvalue weighted by atomic mass is 10.1. The number of ether oxygens (including phenoxy) is 3. The van der Waals surface area contributed by atoms with Gasteiger partial charge in [0.2, 0.25) is 0 Å². The minimum absolute atomic E-state index is 0.0441. The third-order valence-corrected chi connectivity index (χ3v) is 9.18. The molecular weight excluding hydrogens is 634 g/mol. The fraction of sp³-hybridized carbons (Fsp3) is 0.500. The summed E-state index contributed by atoms with van der Waals surface area (Å²) in [6, 6.07) is 0. The molecule has 4 aromatic rings. The molecule has 8 N–H and O–H groups in total. The number of aliphatic hydroxyl groups is 2. The van der Waals surface area contributed by atoms with Crippen molar-refractivity contribution in [1.82, 2.24) is 39.0 Å². The Bertz CT molecular complexity index is 1690. The predicted molar refractivity (Wildman–Crippen MR) is 141 cm³/mol. The van der Waals surface area contributed by atoms with Gasteiger partial charge in [0.05, 0.1) is 19.3 Å². The zero-order valence-corrected chi connectivity index (χ0v) is 23.8. The fourth-order valence-electron chi connectivity index (χ4n) is 5.16. The average Bonchev–Trinajstić information content (AvgIpc) is 3.73. The largest absolute Gasteiger partial charge is 0.472 e. The van der Waals surface area contributed by atoms with Gasteiger partial charge in [0, 0.05) is 0 Å². The van der Waals surface area contributed by atoms with Gasteiger partial charge < -0.3 is 45.7 Å². The number of aromatic nitrogens is 8. The SMILES string of the molecule is Nc1ncnc2c1ncn2[C@@H]1O[C@@H]2COP(=O)(O)OC3[C@@H](OCP(=O)(O)OC2[C@H]1O)O[C@@H](n1cnc2c(N)ncnc21)[C@H]3O. The minimum atomic E-state index is -5.03. The number of rotatable bonds is 2. The van der Waals surface area contributed by atoms with Crippen molar-refractivity contribution in [3.63, 3.8) is 0 Å². The summed E-state index contributed by atoms with van der Waals surface area (Å²) in [5.74, 6) is 0.0983. The Morgan fingerprint density at radius 3 is 1.98 bits per heavy atom. The van der Waals surface area contributed by atoms with E-state index in [1.54, 1.807) is 0 Å². The van der Waals surface area contributed by atoms with E-state index in [0.717, 1.165) is 12.7 Å². The molecule has 0 spiro atoms. The summed E-state index contributed by atoms with van der Waals surface area (Å²) in [5.41, 5.74) is 12.3. The van der Waals surface area contributed by atoms with Crippen LogP contribution in [-0.4, -0.2) is 109 Å². The van der Waals surface area contributed by atoms with Gasteiger partial charge in [0.15, 0.2) is 54.1 Å². The number of phosphoric ester groups is 1. The number of nitrogens with two attached hydrogens (primary N) is 2. The predicted octanol–water partition coefficient (Wildman–Crippen LogP) is -1.63. The first-order chi connectivity index (χ1) is 20.9. The Morgan fingerprint density at radius 2 is 1.36 bits per heavy atom. The van der Waals surface area contributed by atoms with E-state index in [2.05, 4.69) is 29.9 Å². The van der Waals surface area contributed by atoms with Crippen molar-refractivity contribution in [3.8, 4) is 0 Å². The van der Waals surface area contributed by atoms with Crippen LogP contribution in [0.25, 0.3) is 22.3 Å². The molecule has 0 radical (unpaired) electrons. The molecule has 3 saturated heterocycles. The van der Waals surface area contributed by atoms with Crippen molar-refractivity contribution in [1.29, 1.82) is 0 Å². The highest BCUT2D eigenvalue weighted by Gasteiger charge is 2.54. The normalized spacial score (nSPS) is 38.3. The number of hydrogen-bond donors (Lipinski definition) is 6. The van der Waals surface area contributed by atoms with Crippen LogP contribution in [0.3, 0.4) is 0 Å². The van der Waals surface area contributed by atoms with Crippen LogP contribution in [0.2, 0.25) is 0 Å². The molecule has 236 valence electrons. The van der Waals surface area contributed by atoms with Crippen molar-refractivity contribution >= 4 is 49.4 Å². The molecule has 3 aliphatic heterocycles. The lowest BCUT2D eigenvalue weighted by Crippen LogP contribution is -2.38. The molecule has 7 heterocycles. The van der Waals surface area contributed by atoms with Gasteiger partial charge in [-0.3, -0.25) is 27.3 Å². The highest BCUT2D eigenvalue weighted by atomic mass is 31.2. The lowest BCUT2D eigenvalue weighted by Gasteiger charge is -2.28. The van der Waals surface area contributed by atoms with Gasteiger partial charge in [-0.1, -0.05) is 0 Å². The maximum atomic E-state index is 13.2. The Balaban J connectivity index is 1.17. The van der Waals surface area contributed by atoms with Crippen LogP contribution >= 0.6 is 15.4 Å². The van der Waals surface area contributed by atoms with E-state index >= 15 is 0 Å². The summed E-state index contributed by atoms with van der Waals surface area (Å²) in [6.07, 6.45) is -8.72. The topological polar surface area (TPSA) is 310 Å². The summed E-state index contributed by atoms with van der Waals surface area (Å²) in [5, 5.41) is 22.2. The zero-order valence-electron chi connectivity index (χ0n) is 22.0. The zero-order chi connectivity index (χ0) is 31.0. The maximum absolute atomic E-state index is 13.2. The van der Waals surface area contributed by atoms with Crippen molar-refractivity contribution in [2.45, 2.75) is 49.3 Å². The molecule has 22 nitrogen and oxygen atoms in total. The van der Waals surface area contributed by atoms with Gasteiger partial charge in [-0.25, -0.2) is 34.5 Å². The minimum Gasteiger partial charge on any atom is -0.386 e. The molecule has 44 heavy (non-hydrogen) atoms. The van der Waals surface area contributed by atoms with Gasteiger partial charge in [-0.15, -0.1) is 0 Å². The van der Waals surface area contributed by atoms with Gasteiger partial charge in [0.25, 0.3) is 0 Å². The van der Waals surface area contributed by atoms with Crippen LogP contribution in [0, 0.1) is 0 Å². The van der Waals surface area contributed by atoms with Gasteiger partial charge in [-0.2, -0.15) is 0 Å². The molecule has 10 atom stereocenters. The second-order valence-corrected chi connectivity index (χ2v) is 13.1. The average molecular weight is 658 g/mol. The van der Waals surface area contributed by atoms with Gasteiger partial charge >= 0.3 is 15.4 Å². The molecule has 0 aromatic carbocycles. The molecule has 4 aromatic heterocycles. The number of nitrogen functional groups attached to an aromatic ring is 2. The third-order valence-electron chi connectivity index (χ3n) is 7.15. The molecule has 7 rings (SSSR count). The highest BCUT2D eigenvalue weighted by molar-refractivity contribution is 7.52. The Labute approximate surface area is 244 Å². The molecule has 0 saturated carbocycles. The molecule has 24 heteroatoms. The second kappa shape index (κ2) is 10.7. The third kappa shape index (κ3) is 5.04. The van der Waals surface area contributed by atoms with Crippen molar-refractivity contribution < 1.29 is 56.9 Å². The number of imidazole rings is 2. The molecular formula is C20H24N10O12P2. The first kappa shape index (κ1) is 29.5. The summed E-state index contributed by atoms with van der Waals surface area (Å²) in [4.78, 5) is 45.3. The molecule has 0 bridgehead atoms. The maximum Gasteiger partial charge on any atom is 0.472 e. The van der Waals surface area contributed by atoms with Crippen LogP contribution in [0.15, 0.2) is 25.3 Å². The lowest BCUT2D eigenvalue weighted by molar-refractivity contribution is -0.168. The van der Waals surface area contributed by atoms with E-state index < -0.39 is 77.6 Å². The number of anilines is 2. The summed E-state index contributed by atoms with van der Waals surface area (Å²) < 4.78 is 61.5. The summed E-state index contributed by atoms with van der Waals surface area (Å²) >= 11 is 0. The first-order valence-electron chi connectivity index (χ1n) is 12.7. The van der Waals surface area contributed by atoms with Gasteiger partial charge in [-0.05, 0) is 0 Å². The number of phosphoric acid groups is 1. The number of aliphatic hydroxyl groups excluding tert-OH is 2. The number of hydrogen-bond acceptors (Lipinski definition) is 18. The van der Waals surface area contributed by atoms with Crippen LogP contribution in [-0.2, 0) is 36.9 Å². The van der Waals surface area contributed by atoms with Crippen molar-refractivity contribution in [2.24, 2.45) is 0 Å². The van der Waals surface area contributed by atoms with Crippen LogP contribution in [0.4, 0.5) is 11.6 Å². The monoisotopic (exact) mass is 658 g/mol. The van der Waals surface area contributed by atoms with Crippen LogP contribution in [0.5, 0.6) is 0 Å². The van der Waals surface area contributed by atoms with E-state index in [4.69, 9.17) is 39.2 Å². The molecule has 3 fully saturated rings. The number of fused-ring (bicyclic) bond motifs is 4. The van der Waals surface area contributed by atoms with E-state index in [0.29, 0.717) is 0 Å². The number of nitrogens with zero attached hydrogens (tertiary/aromatic N) is 8. The summed E-state index contributed by atoms with van der Waals surface area (Å²) in [6.45, 7) is -0.767.